The molecular weight excluding hydrogens is 205 g/mol. The lowest BCUT2D eigenvalue weighted by Gasteiger charge is -2.11. The van der Waals surface area contributed by atoms with Crippen LogP contribution in [-0.2, 0) is 0 Å². The van der Waals surface area contributed by atoms with E-state index in [-0.39, 0.29) is 18.1 Å². The SMILES string of the molecule is CCOc1cc(C)c(O[B]O)c(F)c1F. The zero-order valence-electron chi connectivity index (χ0n) is 8.38. The summed E-state index contributed by atoms with van der Waals surface area (Å²) in [6.45, 7) is 3.42. The average molecular weight is 215 g/mol. The fourth-order valence-electron chi connectivity index (χ4n) is 1.16. The summed E-state index contributed by atoms with van der Waals surface area (Å²) in [7, 11) is 0.297. The molecule has 1 rings (SSSR count). The molecule has 0 bridgehead atoms. The number of ether oxygens (including phenoxy) is 1. The molecule has 0 aliphatic rings. The van der Waals surface area contributed by atoms with E-state index in [1.807, 2.05) is 0 Å². The van der Waals surface area contributed by atoms with Crippen molar-refractivity contribution in [2.24, 2.45) is 0 Å². The number of halogens is 2. The molecule has 0 saturated heterocycles. The first-order valence-electron chi connectivity index (χ1n) is 4.35. The van der Waals surface area contributed by atoms with Crippen molar-refractivity contribution in [3.63, 3.8) is 0 Å². The molecule has 3 nitrogen and oxygen atoms in total. The molecule has 1 N–H and O–H groups in total. The van der Waals surface area contributed by atoms with Crippen LogP contribution < -0.4 is 9.39 Å². The van der Waals surface area contributed by atoms with E-state index in [0.29, 0.717) is 13.2 Å². The van der Waals surface area contributed by atoms with E-state index >= 15 is 0 Å². The largest absolute Gasteiger partial charge is 0.569 e. The van der Waals surface area contributed by atoms with Crippen LogP contribution in [0.3, 0.4) is 0 Å². The highest BCUT2D eigenvalue weighted by Crippen LogP contribution is 2.31. The van der Waals surface area contributed by atoms with Crippen molar-refractivity contribution in [2.75, 3.05) is 6.61 Å². The summed E-state index contributed by atoms with van der Waals surface area (Å²) in [5.74, 6) is -2.82. The molecule has 0 aliphatic carbocycles. The Morgan fingerprint density at radius 1 is 1.40 bits per heavy atom. The topological polar surface area (TPSA) is 38.7 Å². The van der Waals surface area contributed by atoms with E-state index in [9.17, 15) is 8.78 Å². The molecule has 0 aliphatic heterocycles. The second-order valence-corrected chi connectivity index (χ2v) is 2.80. The number of rotatable bonds is 4. The molecular formula is C9H10BF2O3. The quantitative estimate of drug-likeness (QED) is 0.774. The van der Waals surface area contributed by atoms with Gasteiger partial charge in [0.15, 0.2) is 5.75 Å². The van der Waals surface area contributed by atoms with Crippen LogP contribution in [0.5, 0.6) is 11.5 Å². The van der Waals surface area contributed by atoms with Crippen molar-refractivity contribution in [2.45, 2.75) is 13.8 Å². The molecule has 6 heteroatoms. The van der Waals surface area contributed by atoms with Gasteiger partial charge in [0.2, 0.25) is 11.6 Å². The van der Waals surface area contributed by atoms with Crippen molar-refractivity contribution < 1.29 is 23.2 Å². The van der Waals surface area contributed by atoms with Crippen LogP contribution in [0.4, 0.5) is 8.78 Å². The van der Waals surface area contributed by atoms with Gasteiger partial charge in [-0.1, -0.05) is 0 Å². The molecule has 0 spiro atoms. The molecule has 1 aromatic carbocycles. The first-order chi connectivity index (χ1) is 7.11. The lowest BCUT2D eigenvalue weighted by atomic mass is 10.2. The highest BCUT2D eigenvalue weighted by Gasteiger charge is 2.18. The third-order valence-electron chi connectivity index (χ3n) is 1.78. The Morgan fingerprint density at radius 2 is 2.07 bits per heavy atom. The van der Waals surface area contributed by atoms with Crippen molar-refractivity contribution in [3.05, 3.63) is 23.3 Å². The monoisotopic (exact) mass is 215 g/mol. The first-order valence-corrected chi connectivity index (χ1v) is 4.35. The van der Waals surface area contributed by atoms with Gasteiger partial charge in [-0.2, -0.15) is 8.78 Å². The molecule has 0 heterocycles. The Hall–Kier alpha value is -1.30. The van der Waals surface area contributed by atoms with Crippen LogP contribution in [0.1, 0.15) is 12.5 Å². The van der Waals surface area contributed by atoms with Crippen LogP contribution in [-0.4, -0.2) is 19.3 Å². The van der Waals surface area contributed by atoms with Gasteiger partial charge in [-0.3, -0.25) is 0 Å². The minimum atomic E-state index is -1.18. The Morgan fingerprint density at radius 3 is 2.60 bits per heavy atom. The van der Waals surface area contributed by atoms with Gasteiger partial charge >= 0.3 is 7.69 Å². The Balaban J connectivity index is 3.18. The zero-order chi connectivity index (χ0) is 11.4. The highest BCUT2D eigenvalue weighted by atomic mass is 19.2. The van der Waals surface area contributed by atoms with E-state index < -0.39 is 11.6 Å². The average Bonchev–Trinajstić information content (AvgIpc) is 2.21. The van der Waals surface area contributed by atoms with Crippen molar-refractivity contribution in [3.8, 4) is 11.5 Å². The summed E-state index contributed by atoms with van der Waals surface area (Å²) in [5.41, 5.74) is 0.336. The van der Waals surface area contributed by atoms with Crippen molar-refractivity contribution in [1.29, 1.82) is 0 Å². The molecule has 0 atom stereocenters. The van der Waals surface area contributed by atoms with Gasteiger partial charge in [0.25, 0.3) is 0 Å². The molecule has 81 valence electrons. The number of hydrogen-bond donors (Lipinski definition) is 1. The Kier molecular flexibility index (Phi) is 3.91. The molecule has 0 fully saturated rings. The third-order valence-corrected chi connectivity index (χ3v) is 1.78. The van der Waals surface area contributed by atoms with E-state index in [1.165, 1.54) is 13.0 Å². The van der Waals surface area contributed by atoms with Crippen molar-refractivity contribution >= 4 is 7.69 Å². The summed E-state index contributed by atoms with van der Waals surface area (Å²) in [6.07, 6.45) is 0. The van der Waals surface area contributed by atoms with Gasteiger partial charge in [0.1, 0.15) is 5.75 Å². The summed E-state index contributed by atoms with van der Waals surface area (Å²) in [5, 5.41) is 8.36. The van der Waals surface area contributed by atoms with Gasteiger partial charge in [0.05, 0.1) is 6.61 Å². The predicted octanol–water partition coefficient (Wildman–Crippen LogP) is 1.58. The van der Waals surface area contributed by atoms with Crippen LogP contribution in [0.2, 0.25) is 0 Å². The minimum Gasteiger partial charge on any atom is -0.535 e. The second-order valence-electron chi connectivity index (χ2n) is 2.80. The van der Waals surface area contributed by atoms with Crippen LogP contribution >= 0.6 is 0 Å². The molecule has 1 aromatic rings. The molecule has 1 radical (unpaired) electrons. The van der Waals surface area contributed by atoms with Crippen LogP contribution in [0, 0.1) is 18.6 Å². The Bertz CT molecular complexity index is 358. The van der Waals surface area contributed by atoms with E-state index in [2.05, 4.69) is 4.65 Å². The molecule has 15 heavy (non-hydrogen) atoms. The normalized spacial score (nSPS) is 9.93. The lowest BCUT2D eigenvalue weighted by molar-refractivity contribution is 0.309. The minimum absolute atomic E-state index is 0.169. The standard InChI is InChI=1S/C9H10BF2O3/c1-3-14-6-4-5(2)9(15-10-13)8(12)7(6)11/h4,13H,3H2,1-2H3. The smallest absolute Gasteiger partial charge is 0.535 e. The molecule has 0 aromatic heterocycles. The van der Waals surface area contributed by atoms with E-state index in [1.54, 1.807) is 6.92 Å². The van der Waals surface area contributed by atoms with Gasteiger partial charge in [-0.05, 0) is 25.5 Å². The van der Waals surface area contributed by atoms with Crippen LogP contribution in [0.15, 0.2) is 6.07 Å². The molecule has 0 amide bonds. The summed E-state index contributed by atoms with van der Waals surface area (Å²) < 4.78 is 35.9. The van der Waals surface area contributed by atoms with Gasteiger partial charge in [-0.25, -0.2) is 0 Å². The first kappa shape index (κ1) is 11.8. The fraction of sp³-hybridized carbons (Fsp3) is 0.333. The second kappa shape index (κ2) is 4.98. The van der Waals surface area contributed by atoms with Gasteiger partial charge in [-0.15, -0.1) is 0 Å². The summed E-state index contributed by atoms with van der Waals surface area (Å²) in [4.78, 5) is 0. The predicted molar refractivity (Wildman–Crippen MR) is 50.9 cm³/mol. The van der Waals surface area contributed by atoms with Crippen LogP contribution in [0.25, 0.3) is 0 Å². The number of hydrogen-bond acceptors (Lipinski definition) is 3. The number of benzene rings is 1. The van der Waals surface area contributed by atoms with E-state index in [4.69, 9.17) is 9.76 Å². The van der Waals surface area contributed by atoms with E-state index in [0.717, 1.165) is 0 Å². The maximum atomic E-state index is 13.3. The molecule has 0 unspecified atom stereocenters. The fourth-order valence-corrected chi connectivity index (χ4v) is 1.16. The Labute approximate surface area is 86.9 Å². The summed E-state index contributed by atoms with van der Waals surface area (Å²) in [6, 6.07) is 1.31. The third kappa shape index (κ3) is 2.39. The maximum absolute atomic E-state index is 13.3. The van der Waals surface area contributed by atoms with Gasteiger partial charge < -0.3 is 14.4 Å². The maximum Gasteiger partial charge on any atom is 0.569 e. The zero-order valence-corrected chi connectivity index (χ0v) is 8.38. The molecule has 0 saturated carbocycles. The van der Waals surface area contributed by atoms with Crippen molar-refractivity contribution in [1.82, 2.24) is 0 Å². The van der Waals surface area contributed by atoms with Gasteiger partial charge in [0, 0.05) is 0 Å². The number of aryl methyl sites for hydroxylation is 1. The lowest BCUT2D eigenvalue weighted by Crippen LogP contribution is -2.06. The highest BCUT2D eigenvalue weighted by molar-refractivity contribution is 6.17. The summed E-state index contributed by atoms with van der Waals surface area (Å²) >= 11 is 0.